The Morgan fingerprint density at radius 3 is 2.76 bits per heavy atom. The Morgan fingerprint density at radius 2 is 2.10 bits per heavy atom. The summed E-state index contributed by atoms with van der Waals surface area (Å²) in [6.45, 7) is 0.400. The van der Waals surface area contributed by atoms with Gasteiger partial charge in [0.05, 0.1) is 20.5 Å². The smallest absolute Gasteiger partial charge is 0.220 e. The van der Waals surface area contributed by atoms with Crippen LogP contribution in [-0.2, 0) is 17.8 Å². The van der Waals surface area contributed by atoms with Crippen LogP contribution in [0.15, 0.2) is 41.0 Å². The second-order valence-corrected chi connectivity index (χ2v) is 4.53. The highest BCUT2D eigenvalue weighted by molar-refractivity contribution is 5.76. The summed E-state index contributed by atoms with van der Waals surface area (Å²) in [5.41, 5.74) is 0.878. The van der Waals surface area contributed by atoms with Crippen LogP contribution in [0.1, 0.15) is 17.7 Å². The molecule has 1 aromatic carbocycles. The number of carbonyl (C=O) groups is 1. The van der Waals surface area contributed by atoms with Gasteiger partial charge in [0.15, 0.2) is 0 Å². The fraction of sp³-hybridized carbons (Fsp3) is 0.312. The summed E-state index contributed by atoms with van der Waals surface area (Å²) >= 11 is 0. The van der Waals surface area contributed by atoms with Crippen molar-refractivity contribution in [1.29, 1.82) is 0 Å². The third-order valence-corrected chi connectivity index (χ3v) is 3.14. The molecule has 1 amide bonds. The molecule has 0 aliphatic heterocycles. The van der Waals surface area contributed by atoms with Crippen LogP contribution in [0.4, 0.5) is 0 Å². The number of nitrogens with one attached hydrogen (secondary N) is 1. The van der Waals surface area contributed by atoms with E-state index in [9.17, 15) is 4.79 Å². The first-order chi connectivity index (χ1) is 10.2. The number of methoxy groups -OCH3 is 2. The second-order valence-electron chi connectivity index (χ2n) is 4.53. The van der Waals surface area contributed by atoms with E-state index in [0.29, 0.717) is 19.4 Å². The molecule has 112 valence electrons. The molecule has 5 nitrogen and oxygen atoms in total. The number of furan rings is 1. The number of benzene rings is 1. The van der Waals surface area contributed by atoms with Crippen molar-refractivity contribution in [1.82, 2.24) is 5.32 Å². The van der Waals surface area contributed by atoms with E-state index in [1.165, 1.54) is 0 Å². The van der Waals surface area contributed by atoms with Crippen LogP contribution in [0.2, 0.25) is 0 Å². The van der Waals surface area contributed by atoms with E-state index in [0.717, 1.165) is 22.8 Å². The number of carbonyl (C=O) groups excluding carboxylic acids is 1. The molecule has 0 saturated carbocycles. The quantitative estimate of drug-likeness (QED) is 0.851. The van der Waals surface area contributed by atoms with Gasteiger partial charge in [0.1, 0.15) is 17.3 Å². The fourth-order valence-electron chi connectivity index (χ4n) is 1.99. The summed E-state index contributed by atoms with van der Waals surface area (Å²) < 4.78 is 15.6. The van der Waals surface area contributed by atoms with Gasteiger partial charge in [-0.15, -0.1) is 0 Å². The van der Waals surface area contributed by atoms with E-state index in [-0.39, 0.29) is 5.91 Å². The van der Waals surface area contributed by atoms with Gasteiger partial charge in [-0.05, 0) is 30.3 Å². The van der Waals surface area contributed by atoms with Crippen molar-refractivity contribution in [2.45, 2.75) is 19.4 Å². The first kappa shape index (κ1) is 15.0. The Kier molecular flexibility index (Phi) is 5.26. The summed E-state index contributed by atoms with van der Waals surface area (Å²) in [5.74, 6) is 2.23. The van der Waals surface area contributed by atoms with Gasteiger partial charge in [0.2, 0.25) is 5.91 Å². The second kappa shape index (κ2) is 7.38. The van der Waals surface area contributed by atoms with E-state index in [2.05, 4.69) is 5.32 Å². The minimum atomic E-state index is -0.0312. The van der Waals surface area contributed by atoms with E-state index in [4.69, 9.17) is 13.9 Å². The normalized spacial score (nSPS) is 10.2. The van der Waals surface area contributed by atoms with E-state index >= 15 is 0 Å². The summed E-state index contributed by atoms with van der Waals surface area (Å²) in [4.78, 5) is 11.8. The van der Waals surface area contributed by atoms with Crippen LogP contribution in [0, 0.1) is 0 Å². The minimum Gasteiger partial charge on any atom is -0.497 e. The highest BCUT2D eigenvalue weighted by Crippen LogP contribution is 2.23. The van der Waals surface area contributed by atoms with Crippen molar-refractivity contribution in [2.24, 2.45) is 0 Å². The summed E-state index contributed by atoms with van der Waals surface area (Å²) in [6, 6.07) is 9.17. The first-order valence-corrected chi connectivity index (χ1v) is 6.73. The molecule has 1 aromatic heterocycles. The van der Waals surface area contributed by atoms with E-state index in [1.54, 1.807) is 20.5 Å². The Balaban J connectivity index is 1.88. The molecule has 1 N–H and O–H groups in total. The molecule has 0 fully saturated rings. The lowest BCUT2D eigenvalue weighted by Crippen LogP contribution is -2.23. The molecule has 0 radical (unpaired) electrons. The number of hydrogen-bond donors (Lipinski definition) is 1. The zero-order valence-electron chi connectivity index (χ0n) is 12.2. The number of hydrogen-bond acceptors (Lipinski definition) is 4. The molecule has 0 saturated heterocycles. The van der Waals surface area contributed by atoms with Crippen molar-refractivity contribution >= 4 is 5.91 Å². The van der Waals surface area contributed by atoms with Gasteiger partial charge in [-0.25, -0.2) is 0 Å². The lowest BCUT2D eigenvalue weighted by Gasteiger charge is -2.11. The lowest BCUT2D eigenvalue weighted by molar-refractivity contribution is -0.121. The molecule has 0 spiro atoms. The van der Waals surface area contributed by atoms with Gasteiger partial charge < -0.3 is 19.2 Å². The third-order valence-electron chi connectivity index (χ3n) is 3.14. The zero-order valence-corrected chi connectivity index (χ0v) is 12.2. The van der Waals surface area contributed by atoms with Crippen LogP contribution in [0.25, 0.3) is 0 Å². The minimum absolute atomic E-state index is 0.0312. The van der Waals surface area contributed by atoms with Crippen LogP contribution < -0.4 is 14.8 Å². The predicted molar refractivity (Wildman–Crippen MR) is 78.4 cm³/mol. The van der Waals surface area contributed by atoms with Crippen LogP contribution in [0.5, 0.6) is 11.5 Å². The largest absolute Gasteiger partial charge is 0.497 e. The molecule has 1 heterocycles. The van der Waals surface area contributed by atoms with Gasteiger partial charge in [-0.3, -0.25) is 4.79 Å². The number of aryl methyl sites for hydroxylation is 1. The van der Waals surface area contributed by atoms with Gasteiger partial charge in [0, 0.05) is 24.9 Å². The molecule has 0 aliphatic carbocycles. The SMILES string of the molecule is COc1ccc(OC)c(CNC(=O)CCc2ccco2)c1. The molecule has 2 rings (SSSR count). The summed E-state index contributed by atoms with van der Waals surface area (Å²) in [5, 5.41) is 2.87. The number of ether oxygens (including phenoxy) is 2. The van der Waals surface area contributed by atoms with Crippen LogP contribution in [-0.4, -0.2) is 20.1 Å². The van der Waals surface area contributed by atoms with Crippen molar-refractivity contribution in [3.8, 4) is 11.5 Å². The van der Waals surface area contributed by atoms with Gasteiger partial charge in [-0.2, -0.15) is 0 Å². The molecule has 0 atom stereocenters. The predicted octanol–water partition coefficient (Wildman–Crippen LogP) is 2.55. The maximum absolute atomic E-state index is 11.8. The lowest BCUT2D eigenvalue weighted by atomic mass is 10.1. The maximum atomic E-state index is 11.8. The monoisotopic (exact) mass is 289 g/mol. The van der Waals surface area contributed by atoms with Crippen molar-refractivity contribution in [3.63, 3.8) is 0 Å². The average Bonchev–Trinajstić information content (AvgIpc) is 3.04. The molecule has 2 aromatic rings. The molecule has 0 aliphatic rings. The fourth-order valence-corrected chi connectivity index (χ4v) is 1.99. The zero-order chi connectivity index (χ0) is 15.1. The highest BCUT2D eigenvalue weighted by Gasteiger charge is 2.08. The first-order valence-electron chi connectivity index (χ1n) is 6.73. The van der Waals surface area contributed by atoms with Crippen LogP contribution in [0.3, 0.4) is 0 Å². The summed E-state index contributed by atoms with van der Waals surface area (Å²) in [6.07, 6.45) is 2.59. The van der Waals surface area contributed by atoms with Crippen molar-refractivity contribution < 1.29 is 18.7 Å². The summed E-state index contributed by atoms with van der Waals surface area (Å²) in [7, 11) is 3.21. The van der Waals surface area contributed by atoms with E-state index in [1.807, 2.05) is 30.3 Å². The topological polar surface area (TPSA) is 60.7 Å². The molecule has 0 unspecified atom stereocenters. The average molecular weight is 289 g/mol. The maximum Gasteiger partial charge on any atom is 0.220 e. The Labute approximate surface area is 123 Å². The number of amides is 1. The third kappa shape index (κ3) is 4.27. The Hall–Kier alpha value is -2.43. The van der Waals surface area contributed by atoms with Crippen molar-refractivity contribution in [2.75, 3.05) is 14.2 Å². The Bertz CT molecular complexity index is 578. The highest BCUT2D eigenvalue weighted by atomic mass is 16.5. The van der Waals surface area contributed by atoms with Gasteiger partial charge >= 0.3 is 0 Å². The molecular formula is C16H19NO4. The van der Waals surface area contributed by atoms with E-state index < -0.39 is 0 Å². The molecule has 0 bridgehead atoms. The standard InChI is InChI=1S/C16H19NO4/c1-19-14-5-7-15(20-2)12(10-14)11-17-16(18)8-6-13-4-3-9-21-13/h3-5,7,9-10H,6,8,11H2,1-2H3,(H,17,18). The van der Waals surface area contributed by atoms with Gasteiger partial charge in [-0.1, -0.05) is 0 Å². The Morgan fingerprint density at radius 1 is 1.24 bits per heavy atom. The van der Waals surface area contributed by atoms with Crippen LogP contribution >= 0.6 is 0 Å². The van der Waals surface area contributed by atoms with Gasteiger partial charge in [0.25, 0.3) is 0 Å². The molecular weight excluding hydrogens is 270 g/mol. The van der Waals surface area contributed by atoms with Crippen molar-refractivity contribution in [3.05, 3.63) is 47.9 Å². The molecule has 21 heavy (non-hydrogen) atoms. The number of rotatable bonds is 7. The molecule has 5 heteroatoms.